The predicted octanol–water partition coefficient (Wildman–Crippen LogP) is 1.69. The molecule has 3 amide bonds. The van der Waals surface area contributed by atoms with Crippen LogP contribution in [0.5, 0.6) is 0 Å². The van der Waals surface area contributed by atoms with Gasteiger partial charge >= 0.3 is 6.03 Å². The number of amides is 3. The van der Waals surface area contributed by atoms with Crippen molar-refractivity contribution in [3.05, 3.63) is 16.1 Å². The number of carbonyl (C=O) groups is 2. The lowest BCUT2D eigenvalue weighted by Gasteiger charge is -2.15. The van der Waals surface area contributed by atoms with Gasteiger partial charge in [-0.1, -0.05) is 0 Å². The van der Waals surface area contributed by atoms with Gasteiger partial charge in [-0.25, -0.2) is 4.79 Å². The van der Waals surface area contributed by atoms with E-state index in [0.717, 1.165) is 29.0 Å². The average molecular weight is 265 g/mol. The first kappa shape index (κ1) is 11.6. The Labute approximate surface area is 110 Å². The van der Waals surface area contributed by atoms with E-state index in [1.165, 1.54) is 16.4 Å². The highest BCUT2D eigenvalue weighted by atomic mass is 32.1. The van der Waals surface area contributed by atoms with Crippen LogP contribution in [0.15, 0.2) is 0 Å². The minimum Gasteiger partial charge on any atom is -0.312 e. The number of urea groups is 1. The molecule has 3 rings (SSSR count). The van der Waals surface area contributed by atoms with Crippen molar-refractivity contribution in [3.63, 3.8) is 0 Å². The molecule has 2 aliphatic rings. The second kappa shape index (κ2) is 4.05. The molecule has 6 heteroatoms. The van der Waals surface area contributed by atoms with E-state index in [1.54, 1.807) is 4.90 Å². The highest BCUT2D eigenvalue weighted by molar-refractivity contribution is 7.05. The lowest BCUT2D eigenvalue weighted by molar-refractivity contribution is -0.128. The van der Waals surface area contributed by atoms with E-state index < -0.39 is 0 Å². The summed E-state index contributed by atoms with van der Waals surface area (Å²) in [6, 6.07) is -0.336. The molecule has 2 aliphatic heterocycles. The molecule has 18 heavy (non-hydrogen) atoms. The summed E-state index contributed by atoms with van der Waals surface area (Å²) in [5, 5.41) is 0. The average Bonchev–Trinajstić information content (AvgIpc) is 2.98. The number of aryl methyl sites for hydroxylation is 2. The molecule has 0 aromatic carbocycles. The molecule has 0 aliphatic carbocycles. The fourth-order valence-corrected chi connectivity index (χ4v) is 3.42. The minimum absolute atomic E-state index is 0.0394. The van der Waals surface area contributed by atoms with Gasteiger partial charge in [0.1, 0.15) is 6.04 Å². The maximum absolute atomic E-state index is 12.2. The number of hydrogen-bond donors (Lipinski definition) is 0. The summed E-state index contributed by atoms with van der Waals surface area (Å²) < 4.78 is 4.26. The smallest absolute Gasteiger partial charge is 0.312 e. The van der Waals surface area contributed by atoms with Gasteiger partial charge in [0.25, 0.3) is 5.91 Å². The van der Waals surface area contributed by atoms with Gasteiger partial charge < -0.3 is 4.90 Å². The molecule has 5 nitrogen and oxygen atoms in total. The monoisotopic (exact) mass is 265 g/mol. The Morgan fingerprint density at radius 3 is 2.78 bits per heavy atom. The minimum atomic E-state index is -0.204. The highest BCUT2D eigenvalue weighted by Gasteiger charge is 2.47. The lowest BCUT2D eigenvalue weighted by atomic mass is 10.2. The molecule has 2 fully saturated rings. The maximum atomic E-state index is 12.2. The number of imide groups is 1. The Kier molecular flexibility index (Phi) is 2.62. The number of nitrogens with zero attached hydrogens (tertiary/aromatic N) is 3. The molecule has 1 aromatic heterocycles. The molecule has 0 unspecified atom stereocenters. The highest BCUT2D eigenvalue weighted by Crippen LogP contribution is 2.29. The standard InChI is InChI=1S/C12H15N3O2S/c1-7-9(8(2)18-13-7)6-15-11(16)10-4-3-5-14(10)12(15)17/h10H,3-6H2,1-2H3/t10-/m0/s1. The van der Waals surface area contributed by atoms with Crippen molar-refractivity contribution in [1.29, 1.82) is 0 Å². The van der Waals surface area contributed by atoms with Crippen LogP contribution in [0.2, 0.25) is 0 Å². The molecule has 0 radical (unpaired) electrons. The van der Waals surface area contributed by atoms with Gasteiger partial charge in [-0.2, -0.15) is 4.37 Å². The quantitative estimate of drug-likeness (QED) is 0.765. The molecular weight excluding hydrogens is 250 g/mol. The maximum Gasteiger partial charge on any atom is 0.327 e. The van der Waals surface area contributed by atoms with Crippen LogP contribution < -0.4 is 0 Å². The van der Waals surface area contributed by atoms with E-state index in [0.29, 0.717) is 13.1 Å². The SMILES string of the molecule is Cc1nsc(C)c1CN1C(=O)[C@@H]2CCCN2C1=O. The summed E-state index contributed by atoms with van der Waals surface area (Å²) in [5.74, 6) is -0.0394. The zero-order chi connectivity index (χ0) is 12.9. The first-order chi connectivity index (χ1) is 8.59. The molecule has 0 N–H and O–H groups in total. The van der Waals surface area contributed by atoms with Crippen LogP contribution in [0.4, 0.5) is 4.79 Å². The van der Waals surface area contributed by atoms with Crippen LogP contribution in [0, 0.1) is 13.8 Å². The summed E-state index contributed by atoms with van der Waals surface area (Å²) in [6.07, 6.45) is 1.75. The van der Waals surface area contributed by atoms with E-state index >= 15 is 0 Å². The number of aromatic nitrogens is 1. The molecule has 0 bridgehead atoms. The molecule has 1 atom stereocenters. The van der Waals surface area contributed by atoms with Crippen LogP contribution in [0.3, 0.4) is 0 Å². The number of carbonyl (C=O) groups excluding carboxylic acids is 2. The van der Waals surface area contributed by atoms with Gasteiger partial charge in [0.2, 0.25) is 0 Å². The molecule has 2 saturated heterocycles. The van der Waals surface area contributed by atoms with Crippen molar-refractivity contribution in [2.24, 2.45) is 0 Å². The third-order valence-electron chi connectivity index (χ3n) is 3.78. The topological polar surface area (TPSA) is 53.5 Å². The third-order valence-corrected chi connectivity index (χ3v) is 4.66. The molecule has 0 spiro atoms. The van der Waals surface area contributed by atoms with Crippen LogP contribution >= 0.6 is 11.5 Å². The van der Waals surface area contributed by atoms with Crippen molar-refractivity contribution in [3.8, 4) is 0 Å². The normalized spacial score (nSPS) is 23.1. The van der Waals surface area contributed by atoms with Gasteiger partial charge in [0.05, 0.1) is 12.2 Å². The zero-order valence-corrected chi connectivity index (χ0v) is 11.3. The Morgan fingerprint density at radius 2 is 2.17 bits per heavy atom. The van der Waals surface area contributed by atoms with E-state index in [-0.39, 0.29) is 18.0 Å². The molecule has 0 saturated carbocycles. The summed E-state index contributed by atoms with van der Waals surface area (Å²) in [6.45, 7) is 4.99. The summed E-state index contributed by atoms with van der Waals surface area (Å²) in [5.41, 5.74) is 1.94. The van der Waals surface area contributed by atoms with Gasteiger partial charge in [0.15, 0.2) is 0 Å². The molecule has 1 aromatic rings. The largest absolute Gasteiger partial charge is 0.327 e. The van der Waals surface area contributed by atoms with Gasteiger partial charge in [-0.15, -0.1) is 0 Å². The van der Waals surface area contributed by atoms with Gasteiger partial charge in [-0.05, 0) is 38.2 Å². The number of hydrogen-bond acceptors (Lipinski definition) is 4. The molecule has 3 heterocycles. The van der Waals surface area contributed by atoms with Crippen molar-refractivity contribution in [2.75, 3.05) is 6.54 Å². The van der Waals surface area contributed by atoms with Crippen molar-refractivity contribution in [2.45, 2.75) is 39.3 Å². The Hall–Kier alpha value is -1.43. The van der Waals surface area contributed by atoms with Crippen LogP contribution in [-0.2, 0) is 11.3 Å². The summed E-state index contributed by atoms with van der Waals surface area (Å²) in [4.78, 5) is 28.5. The van der Waals surface area contributed by atoms with Crippen molar-refractivity contribution in [1.82, 2.24) is 14.2 Å². The van der Waals surface area contributed by atoms with Crippen molar-refractivity contribution < 1.29 is 9.59 Å². The lowest BCUT2D eigenvalue weighted by Crippen LogP contribution is -2.32. The van der Waals surface area contributed by atoms with E-state index in [2.05, 4.69) is 4.37 Å². The first-order valence-corrected chi connectivity index (χ1v) is 6.90. The van der Waals surface area contributed by atoms with Gasteiger partial charge in [-0.3, -0.25) is 9.69 Å². The Bertz CT molecular complexity index is 484. The Balaban J connectivity index is 1.86. The van der Waals surface area contributed by atoms with Crippen LogP contribution in [0.1, 0.15) is 29.0 Å². The van der Waals surface area contributed by atoms with Crippen LogP contribution in [-0.4, -0.2) is 38.7 Å². The molecule has 96 valence electrons. The predicted molar refractivity (Wildman–Crippen MR) is 67.3 cm³/mol. The number of fused-ring (bicyclic) bond motifs is 1. The van der Waals surface area contributed by atoms with E-state index in [4.69, 9.17) is 0 Å². The second-order valence-electron chi connectivity index (χ2n) is 4.86. The van der Waals surface area contributed by atoms with Crippen molar-refractivity contribution >= 4 is 23.5 Å². The summed E-state index contributed by atoms with van der Waals surface area (Å²) in [7, 11) is 0. The summed E-state index contributed by atoms with van der Waals surface area (Å²) >= 11 is 1.43. The Morgan fingerprint density at radius 1 is 1.39 bits per heavy atom. The zero-order valence-electron chi connectivity index (χ0n) is 10.5. The van der Waals surface area contributed by atoms with E-state index in [1.807, 2.05) is 13.8 Å². The third kappa shape index (κ3) is 1.55. The van der Waals surface area contributed by atoms with Crippen LogP contribution in [0.25, 0.3) is 0 Å². The fraction of sp³-hybridized carbons (Fsp3) is 0.583. The fourth-order valence-electron chi connectivity index (χ4n) is 2.71. The number of rotatable bonds is 2. The van der Waals surface area contributed by atoms with Gasteiger partial charge in [0, 0.05) is 17.0 Å². The first-order valence-electron chi connectivity index (χ1n) is 6.13. The second-order valence-corrected chi connectivity index (χ2v) is 5.84. The van der Waals surface area contributed by atoms with E-state index in [9.17, 15) is 9.59 Å². The molecular formula is C12H15N3O2S.